The SMILES string of the molecule is CN=C(NCC(C)Cn1nc(C)cc1C)N1CC(C)(C)C1(C)C. The van der Waals surface area contributed by atoms with Crippen molar-refractivity contribution < 1.29 is 0 Å². The van der Waals surface area contributed by atoms with Crippen LogP contribution in [0.1, 0.15) is 46.0 Å². The van der Waals surface area contributed by atoms with Crippen molar-refractivity contribution >= 4 is 5.96 Å². The molecule has 0 saturated carbocycles. The van der Waals surface area contributed by atoms with E-state index in [0.717, 1.165) is 31.3 Å². The summed E-state index contributed by atoms with van der Waals surface area (Å²) in [5.41, 5.74) is 2.76. The summed E-state index contributed by atoms with van der Waals surface area (Å²) in [5.74, 6) is 1.50. The first-order valence-corrected chi connectivity index (χ1v) is 8.58. The van der Waals surface area contributed by atoms with Gasteiger partial charge in [0.05, 0.1) is 5.69 Å². The second-order valence-corrected chi connectivity index (χ2v) is 8.17. The second-order valence-electron chi connectivity index (χ2n) is 8.17. The Morgan fingerprint density at radius 3 is 2.43 bits per heavy atom. The standard InChI is InChI=1S/C18H33N5/c1-13(11-23-15(3)9-14(2)21-23)10-20-16(19-8)22-12-17(4,5)18(22,6)7/h9,13H,10-12H2,1-8H3,(H,19,20). The number of aromatic nitrogens is 2. The van der Waals surface area contributed by atoms with Crippen LogP contribution in [0.15, 0.2) is 11.1 Å². The largest absolute Gasteiger partial charge is 0.356 e. The second kappa shape index (κ2) is 6.17. The van der Waals surface area contributed by atoms with E-state index in [1.807, 2.05) is 14.0 Å². The lowest BCUT2D eigenvalue weighted by Crippen LogP contribution is -2.72. The van der Waals surface area contributed by atoms with Crippen molar-refractivity contribution in [2.75, 3.05) is 20.1 Å². The van der Waals surface area contributed by atoms with Crippen LogP contribution >= 0.6 is 0 Å². The normalized spacial score (nSPS) is 21.0. The molecule has 2 rings (SSSR count). The molecule has 0 radical (unpaired) electrons. The molecule has 5 nitrogen and oxygen atoms in total. The van der Waals surface area contributed by atoms with E-state index in [-0.39, 0.29) is 5.54 Å². The molecule has 0 spiro atoms. The molecule has 1 aromatic heterocycles. The highest BCUT2D eigenvalue weighted by Crippen LogP contribution is 2.46. The van der Waals surface area contributed by atoms with Gasteiger partial charge in [-0.2, -0.15) is 5.10 Å². The van der Waals surface area contributed by atoms with Crippen molar-refractivity contribution in [3.05, 3.63) is 17.5 Å². The number of nitrogens with one attached hydrogen (secondary N) is 1. The maximum Gasteiger partial charge on any atom is 0.194 e. The number of aryl methyl sites for hydroxylation is 2. The molecule has 5 heteroatoms. The Balaban J connectivity index is 1.90. The molecule has 130 valence electrons. The zero-order valence-corrected chi connectivity index (χ0v) is 16.1. The number of aliphatic imine (C=N–C) groups is 1. The third-order valence-corrected chi connectivity index (χ3v) is 5.55. The van der Waals surface area contributed by atoms with Gasteiger partial charge in [-0.25, -0.2) is 0 Å². The van der Waals surface area contributed by atoms with Crippen molar-refractivity contribution in [1.29, 1.82) is 0 Å². The average molecular weight is 319 g/mol. The van der Waals surface area contributed by atoms with Gasteiger partial charge in [0.2, 0.25) is 0 Å². The summed E-state index contributed by atoms with van der Waals surface area (Å²) in [4.78, 5) is 6.86. The van der Waals surface area contributed by atoms with Crippen LogP contribution in [0.4, 0.5) is 0 Å². The molecule has 1 aromatic rings. The van der Waals surface area contributed by atoms with Gasteiger partial charge in [-0.3, -0.25) is 9.67 Å². The van der Waals surface area contributed by atoms with Crippen molar-refractivity contribution in [1.82, 2.24) is 20.0 Å². The van der Waals surface area contributed by atoms with Crippen LogP contribution in [0.5, 0.6) is 0 Å². The van der Waals surface area contributed by atoms with Gasteiger partial charge >= 0.3 is 0 Å². The quantitative estimate of drug-likeness (QED) is 0.685. The first-order valence-electron chi connectivity index (χ1n) is 8.58. The Hall–Kier alpha value is -1.52. The van der Waals surface area contributed by atoms with Crippen molar-refractivity contribution in [2.24, 2.45) is 16.3 Å². The summed E-state index contributed by atoms with van der Waals surface area (Å²) in [6.07, 6.45) is 0. The number of rotatable bonds is 4. The maximum atomic E-state index is 4.55. The molecule has 1 N–H and O–H groups in total. The van der Waals surface area contributed by atoms with E-state index in [4.69, 9.17) is 0 Å². The van der Waals surface area contributed by atoms with Gasteiger partial charge in [-0.1, -0.05) is 20.8 Å². The molecule has 0 aliphatic carbocycles. The Kier molecular flexibility index (Phi) is 4.79. The molecular formula is C18H33N5. The molecular weight excluding hydrogens is 286 g/mol. The van der Waals surface area contributed by atoms with E-state index in [2.05, 4.69) is 72.6 Å². The molecule has 23 heavy (non-hydrogen) atoms. The molecule has 1 fully saturated rings. The van der Waals surface area contributed by atoms with Crippen LogP contribution in [0.25, 0.3) is 0 Å². The summed E-state index contributed by atoms with van der Waals surface area (Å²) in [5, 5.41) is 8.10. The van der Waals surface area contributed by atoms with Crippen LogP contribution in [0, 0.1) is 25.2 Å². The fraction of sp³-hybridized carbons (Fsp3) is 0.778. The lowest BCUT2D eigenvalue weighted by molar-refractivity contribution is -0.0668. The van der Waals surface area contributed by atoms with Crippen LogP contribution in [-0.2, 0) is 6.54 Å². The average Bonchev–Trinajstić information content (AvgIpc) is 2.76. The van der Waals surface area contributed by atoms with Gasteiger partial charge < -0.3 is 10.2 Å². The van der Waals surface area contributed by atoms with E-state index in [1.54, 1.807) is 0 Å². The van der Waals surface area contributed by atoms with E-state index in [1.165, 1.54) is 5.69 Å². The van der Waals surface area contributed by atoms with Crippen molar-refractivity contribution in [2.45, 2.75) is 60.5 Å². The molecule has 0 bridgehead atoms. The predicted octanol–water partition coefficient (Wildman–Crippen LogP) is 2.83. The van der Waals surface area contributed by atoms with Gasteiger partial charge in [0.1, 0.15) is 0 Å². The zero-order chi connectivity index (χ0) is 17.4. The third kappa shape index (κ3) is 3.38. The summed E-state index contributed by atoms with van der Waals surface area (Å²) >= 11 is 0. The van der Waals surface area contributed by atoms with Gasteiger partial charge in [0, 0.05) is 43.3 Å². The number of guanidine groups is 1. The molecule has 1 aliphatic heterocycles. The predicted molar refractivity (Wildman–Crippen MR) is 96.8 cm³/mol. The minimum absolute atomic E-state index is 0.133. The van der Waals surface area contributed by atoms with Gasteiger partial charge in [-0.05, 0) is 39.7 Å². The third-order valence-electron chi connectivity index (χ3n) is 5.55. The number of nitrogens with zero attached hydrogens (tertiary/aromatic N) is 4. The number of hydrogen-bond donors (Lipinski definition) is 1. The van der Waals surface area contributed by atoms with Crippen LogP contribution < -0.4 is 5.32 Å². The summed E-state index contributed by atoms with van der Waals surface area (Å²) in [6.45, 7) is 18.5. The smallest absolute Gasteiger partial charge is 0.194 e. The monoisotopic (exact) mass is 319 g/mol. The zero-order valence-electron chi connectivity index (χ0n) is 16.1. The topological polar surface area (TPSA) is 45.5 Å². The maximum absolute atomic E-state index is 4.55. The van der Waals surface area contributed by atoms with Crippen molar-refractivity contribution in [3.8, 4) is 0 Å². The fourth-order valence-electron chi connectivity index (χ4n) is 3.18. The number of hydrogen-bond acceptors (Lipinski definition) is 2. The minimum Gasteiger partial charge on any atom is -0.356 e. The lowest BCUT2D eigenvalue weighted by atomic mass is 9.65. The Labute approximate surface area is 141 Å². The molecule has 1 aliphatic rings. The van der Waals surface area contributed by atoms with E-state index < -0.39 is 0 Å². The van der Waals surface area contributed by atoms with Crippen LogP contribution in [0.2, 0.25) is 0 Å². The Morgan fingerprint density at radius 2 is 2.00 bits per heavy atom. The Morgan fingerprint density at radius 1 is 1.35 bits per heavy atom. The van der Waals surface area contributed by atoms with Gasteiger partial charge in [-0.15, -0.1) is 0 Å². The molecule has 2 heterocycles. The van der Waals surface area contributed by atoms with E-state index >= 15 is 0 Å². The van der Waals surface area contributed by atoms with Crippen LogP contribution in [-0.4, -0.2) is 46.3 Å². The van der Waals surface area contributed by atoms with E-state index in [0.29, 0.717) is 11.3 Å². The summed E-state index contributed by atoms with van der Waals surface area (Å²) in [6, 6.07) is 2.13. The van der Waals surface area contributed by atoms with Crippen LogP contribution in [0.3, 0.4) is 0 Å². The molecule has 1 unspecified atom stereocenters. The molecule has 1 atom stereocenters. The molecule has 0 aromatic carbocycles. The molecule has 0 amide bonds. The highest BCUT2D eigenvalue weighted by Gasteiger charge is 2.53. The van der Waals surface area contributed by atoms with Gasteiger partial charge in [0.25, 0.3) is 0 Å². The summed E-state index contributed by atoms with van der Waals surface area (Å²) < 4.78 is 2.10. The highest BCUT2D eigenvalue weighted by molar-refractivity contribution is 5.82. The lowest BCUT2D eigenvalue weighted by Gasteiger charge is -2.62. The first kappa shape index (κ1) is 17.8. The summed E-state index contributed by atoms with van der Waals surface area (Å²) in [7, 11) is 1.87. The first-order chi connectivity index (χ1) is 10.6. The fourth-order valence-corrected chi connectivity index (χ4v) is 3.18. The van der Waals surface area contributed by atoms with Crippen molar-refractivity contribution in [3.63, 3.8) is 0 Å². The van der Waals surface area contributed by atoms with E-state index in [9.17, 15) is 0 Å². The molecule has 1 saturated heterocycles. The Bertz CT molecular complexity index is 582. The minimum atomic E-state index is 0.133. The number of likely N-dealkylation sites (tertiary alicyclic amines) is 1. The van der Waals surface area contributed by atoms with Gasteiger partial charge in [0.15, 0.2) is 5.96 Å². The highest BCUT2D eigenvalue weighted by atomic mass is 15.4.